The van der Waals surface area contributed by atoms with Crippen molar-refractivity contribution in [3.05, 3.63) is 45.8 Å². The van der Waals surface area contributed by atoms with Crippen LogP contribution in [0.3, 0.4) is 0 Å². The molecule has 0 saturated carbocycles. The van der Waals surface area contributed by atoms with Crippen molar-refractivity contribution in [1.82, 2.24) is 15.0 Å². The minimum Gasteiger partial charge on any atom is -0.478 e. The van der Waals surface area contributed by atoms with Gasteiger partial charge in [0.2, 0.25) is 0 Å². The van der Waals surface area contributed by atoms with Crippen LogP contribution in [0, 0.1) is 17.0 Å². The molecule has 0 unspecified atom stereocenters. The molecule has 0 atom stereocenters. The Morgan fingerprint density at radius 2 is 2.29 bits per heavy atom. The van der Waals surface area contributed by atoms with Gasteiger partial charge in [-0.05, 0) is 13.0 Å². The molecule has 2 rings (SSSR count). The van der Waals surface area contributed by atoms with Gasteiger partial charge in [0.05, 0.1) is 23.2 Å². The predicted octanol–water partition coefficient (Wildman–Crippen LogP) is 1.31. The van der Waals surface area contributed by atoms with Crippen LogP contribution in [0.4, 0.5) is 11.4 Å². The lowest BCUT2D eigenvalue weighted by Crippen LogP contribution is -2.13. The summed E-state index contributed by atoms with van der Waals surface area (Å²) >= 11 is 0. The number of benzene rings is 1. The number of carbonyl (C=O) groups is 1. The van der Waals surface area contributed by atoms with Crippen LogP contribution in [0.2, 0.25) is 0 Å². The summed E-state index contributed by atoms with van der Waals surface area (Å²) in [5, 5.41) is 30.4. The molecule has 0 radical (unpaired) electrons. The molecule has 0 spiro atoms. The number of nitro groups is 1. The van der Waals surface area contributed by atoms with E-state index < -0.39 is 10.9 Å². The maximum Gasteiger partial charge on any atom is 0.336 e. The largest absolute Gasteiger partial charge is 0.478 e. The number of aromatic carboxylic acids is 1. The predicted molar refractivity (Wildman–Crippen MR) is 73.3 cm³/mol. The highest BCUT2D eigenvalue weighted by molar-refractivity contribution is 5.90. The smallest absolute Gasteiger partial charge is 0.336 e. The zero-order valence-corrected chi connectivity index (χ0v) is 11.2. The van der Waals surface area contributed by atoms with E-state index in [0.29, 0.717) is 24.3 Å². The van der Waals surface area contributed by atoms with Crippen LogP contribution in [0.15, 0.2) is 24.5 Å². The third kappa shape index (κ3) is 3.32. The molecule has 1 aromatic heterocycles. The summed E-state index contributed by atoms with van der Waals surface area (Å²) in [6, 6.07) is 2.44. The number of carboxylic acid groups (broad SMARTS) is 1. The van der Waals surface area contributed by atoms with Crippen LogP contribution >= 0.6 is 0 Å². The van der Waals surface area contributed by atoms with Gasteiger partial charge in [-0.3, -0.25) is 14.8 Å². The molecule has 0 amide bonds. The van der Waals surface area contributed by atoms with E-state index in [-0.39, 0.29) is 11.3 Å². The van der Waals surface area contributed by atoms with Gasteiger partial charge in [-0.15, -0.1) is 5.10 Å². The number of carboxylic acids is 1. The van der Waals surface area contributed by atoms with Gasteiger partial charge in [0.25, 0.3) is 5.69 Å². The summed E-state index contributed by atoms with van der Waals surface area (Å²) in [7, 11) is 0. The summed E-state index contributed by atoms with van der Waals surface area (Å²) < 4.78 is 1.60. The number of anilines is 1. The molecule has 9 heteroatoms. The standard InChI is InChI=1S/C12H13N5O4/c1-8-10(13-2-4-16-5-3-14-15-16)6-9(12(18)19)7-11(8)17(20)21/h3,5-7,13H,2,4H2,1H3,(H,18,19). The molecule has 0 fully saturated rings. The normalized spacial score (nSPS) is 10.3. The summed E-state index contributed by atoms with van der Waals surface area (Å²) in [5.41, 5.74) is 0.457. The van der Waals surface area contributed by atoms with Gasteiger partial charge in [0.15, 0.2) is 0 Å². The fourth-order valence-corrected chi connectivity index (χ4v) is 1.85. The Morgan fingerprint density at radius 1 is 1.52 bits per heavy atom. The number of hydrogen-bond acceptors (Lipinski definition) is 6. The minimum absolute atomic E-state index is 0.129. The van der Waals surface area contributed by atoms with Crippen molar-refractivity contribution < 1.29 is 14.8 Å². The Balaban J connectivity index is 2.20. The molecule has 0 bridgehead atoms. The van der Waals surface area contributed by atoms with Crippen molar-refractivity contribution >= 4 is 17.3 Å². The van der Waals surface area contributed by atoms with Crippen molar-refractivity contribution in [2.45, 2.75) is 13.5 Å². The first-order valence-corrected chi connectivity index (χ1v) is 6.09. The van der Waals surface area contributed by atoms with E-state index in [9.17, 15) is 14.9 Å². The Morgan fingerprint density at radius 3 is 2.86 bits per heavy atom. The van der Waals surface area contributed by atoms with Gasteiger partial charge >= 0.3 is 5.97 Å². The highest BCUT2D eigenvalue weighted by Gasteiger charge is 2.18. The average Bonchev–Trinajstić information content (AvgIpc) is 2.93. The molecule has 0 aliphatic rings. The second kappa shape index (κ2) is 5.99. The zero-order chi connectivity index (χ0) is 15.4. The van der Waals surface area contributed by atoms with Crippen LogP contribution in [-0.4, -0.2) is 37.5 Å². The molecule has 1 heterocycles. The monoisotopic (exact) mass is 291 g/mol. The van der Waals surface area contributed by atoms with Crippen molar-refractivity contribution in [3.8, 4) is 0 Å². The van der Waals surface area contributed by atoms with Gasteiger partial charge < -0.3 is 10.4 Å². The van der Waals surface area contributed by atoms with Crippen LogP contribution < -0.4 is 5.32 Å². The van der Waals surface area contributed by atoms with Crippen molar-refractivity contribution in [2.75, 3.05) is 11.9 Å². The Kier molecular flexibility index (Phi) is 4.12. The van der Waals surface area contributed by atoms with E-state index in [4.69, 9.17) is 5.11 Å². The Hall–Kier alpha value is -2.97. The highest BCUT2D eigenvalue weighted by Crippen LogP contribution is 2.27. The lowest BCUT2D eigenvalue weighted by Gasteiger charge is -2.11. The van der Waals surface area contributed by atoms with Gasteiger partial charge in [-0.2, -0.15) is 0 Å². The van der Waals surface area contributed by atoms with E-state index >= 15 is 0 Å². The van der Waals surface area contributed by atoms with Crippen molar-refractivity contribution in [2.24, 2.45) is 0 Å². The lowest BCUT2D eigenvalue weighted by atomic mass is 10.1. The number of hydrogen-bond donors (Lipinski definition) is 2. The maximum atomic E-state index is 11.0. The molecule has 0 aliphatic heterocycles. The number of aromatic nitrogens is 3. The van der Waals surface area contributed by atoms with Crippen LogP contribution in [-0.2, 0) is 6.54 Å². The number of nitro benzene ring substituents is 1. The van der Waals surface area contributed by atoms with Gasteiger partial charge in [0.1, 0.15) is 0 Å². The molecule has 2 N–H and O–H groups in total. The molecule has 1 aromatic carbocycles. The van der Waals surface area contributed by atoms with Crippen molar-refractivity contribution in [3.63, 3.8) is 0 Å². The van der Waals surface area contributed by atoms with Crippen LogP contribution in [0.25, 0.3) is 0 Å². The van der Waals surface area contributed by atoms with Gasteiger partial charge in [-0.1, -0.05) is 5.21 Å². The fraction of sp³-hybridized carbons (Fsp3) is 0.250. The van der Waals surface area contributed by atoms with Crippen molar-refractivity contribution in [1.29, 1.82) is 0 Å². The van der Waals surface area contributed by atoms with Gasteiger partial charge in [-0.25, -0.2) is 4.79 Å². The summed E-state index contributed by atoms with van der Waals surface area (Å²) in [6.07, 6.45) is 3.23. The average molecular weight is 291 g/mol. The van der Waals surface area contributed by atoms with Crippen LogP contribution in [0.5, 0.6) is 0 Å². The van der Waals surface area contributed by atoms with Crippen LogP contribution in [0.1, 0.15) is 15.9 Å². The van der Waals surface area contributed by atoms with E-state index in [1.165, 1.54) is 6.07 Å². The summed E-state index contributed by atoms with van der Waals surface area (Å²) in [5.74, 6) is -1.21. The maximum absolute atomic E-state index is 11.0. The third-order valence-corrected chi connectivity index (χ3v) is 2.95. The first-order valence-electron chi connectivity index (χ1n) is 6.09. The molecule has 2 aromatic rings. The zero-order valence-electron chi connectivity index (χ0n) is 11.2. The Bertz CT molecular complexity index is 669. The second-order valence-corrected chi connectivity index (χ2v) is 4.32. The molecule has 21 heavy (non-hydrogen) atoms. The first-order chi connectivity index (χ1) is 9.99. The fourth-order valence-electron chi connectivity index (χ4n) is 1.85. The molecule has 110 valence electrons. The van der Waals surface area contributed by atoms with E-state index in [2.05, 4.69) is 15.6 Å². The molecular formula is C12H13N5O4. The first kappa shape index (κ1) is 14.4. The lowest BCUT2D eigenvalue weighted by molar-refractivity contribution is -0.385. The summed E-state index contributed by atoms with van der Waals surface area (Å²) in [6.45, 7) is 2.51. The molecular weight excluding hydrogens is 278 g/mol. The molecule has 0 saturated heterocycles. The number of nitrogens with one attached hydrogen (secondary N) is 1. The van der Waals surface area contributed by atoms with E-state index in [1.807, 2.05) is 0 Å². The highest BCUT2D eigenvalue weighted by atomic mass is 16.6. The van der Waals surface area contributed by atoms with E-state index in [0.717, 1.165) is 6.07 Å². The minimum atomic E-state index is -1.21. The Labute approximate surface area is 119 Å². The molecule has 0 aliphatic carbocycles. The number of rotatable bonds is 6. The van der Waals surface area contributed by atoms with E-state index in [1.54, 1.807) is 24.0 Å². The number of nitrogens with zero attached hydrogens (tertiary/aromatic N) is 4. The third-order valence-electron chi connectivity index (χ3n) is 2.95. The topological polar surface area (TPSA) is 123 Å². The second-order valence-electron chi connectivity index (χ2n) is 4.32. The molecule has 9 nitrogen and oxygen atoms in total. The van der Waals surface area contributed by atoms with Gasteiger partial charge in [0, 0.05) is 30.1 Å². The quantitative estimate of drug-likeness (QED) is 0.607. The summed E-state index contributed by atoms with van der Waals surface area (Å²) in [4.78, 5) is 21.4. The SMILES string of the molecule is Cc1c(NCCn2ccnn2)cc(C(=O)O)cc1[N+](=O)[O-].